The standard InChI is InChI=1S/C35H48O14/c1-15-18-12-24(48-33-27(39)26(38)25(37)22(13-36)46-33)47-23-11-17-7-9-20(42-4)31(40)34(17,2)30(35(18,23)3)29(28(15)43-5)49-32(41)16-6-8-19-21(10-16)45-14-44-19/h6,8,10,15,17-18,20,22-30,33,36-39H,7,9,11-14H2,1-5H3. The first kappa shape index (κ1) is 35.0. The van der Waals surface area contributed by atoms with E-state index >= 15 is 0 Å². The summed E-state index contributed by atoms with van der Waals surface area (Å²) in [6.45, 7) is 5.59. The van der Waals surface area contributed by atoms with Crippen molar-refractivity contribution < 1.29 is 67.9 Å². The second-order valence-corrected chi connectivity index (χ2v) is 15.0. The lowest BCUT2D eigenvalue weighted by atomic mass is 9.38. The molecule has 0 bridgehead atoms. The fourth-order valence-corrected chi connectivity index (χ4v) is 10.4. The Balaban J connectivity index is 1.25. The number of ether oxygens (including phenoxy) is 8. The van der Waals surface area contributed by atoms with Gasteiger partial charge in [0.2, 0.25) is 6.79 Å². The molecule has 0 aromatic heterocycles. The van der Waals surface area contributed by atoms with E-state index in [1.54, 1.807) is 32.4 Å². The summed E-state index contributed by atoms with van der Waals surface area (Å²) in [5.41, 5.74) is -1.38. The van der Waals surface area contributed by atoms with E-state index in [1.165, 1.54) is 0 Å². The van der Waals surface area contributed by atoms with Crippen molar-refractivity contribution in [1.82, 2.24) is 0 Å². The van der Waals surface area contributed by atoms with Crippen LogP contribution < -0.4 is 9.47 Å². The molecule has 16 atom stereocenters. The van der Waals surface area contributed by atoms with E-state index in [1.807, 2.05) is 13.8 Å². The number of hydrogen-bond acceptors (Lipinski definition) is 14. The van der Waals surface area contributed by atoms with Gasteiger partial charge in [-0.1, -0.05) is 20.8 Å². The van der Waals surface area contributed by atoms with Crippen LogP contribution in [0.3, 0.4) is 0 Å². The molecule has 14 heteroatoms. The van der Waals surface area contributed by atoms with Crippen LogP contribution in [0, 0.1) is 34.5 Å². The van der Waals surface area contributed by atoms with Crippen LogP contribution in [0.5, 0.6) is 11.5 Å². The molecule has 14 nitrogen and oxygen atoms in total. The largest absolute Gasteiger partial charge is 0.456 e. The third kappa shape index (κ3) is 5.32. The Hall–Kier alpha value is -2.40. The molecule has 1 aromatic rings. The number of benzene rings is 1. The maximum atomic E-state index is 14.5. The lowest BCUT2D eigenvalue weighted by Gasteiger charge is -2.69. The lowest BCUT2D eigenvalue weighted by Crippen LogP contribution is -2.75. The molecule has 2 saturated heterocycles. The van der Waals surface area contributed by atoms with Crippen molar-refractivity contribution in [3.8, 4) is 11.5 Å². The smallest absolute Gasteiger partial charge is 0.338 e. The van der Waals surface area contributed by atoms with Gasteiger partial charge >= 0.3 is 5.97 Å². The molecule has 3 heterocycles. The minimum absolute atomic E-state index is 0.0251. The number of hydrogen-bond donors (Lipinski definition) is 4. The summed E-state index contributed by atoms with van der Waals surface area (Å²) in [4.78, 5) is 28.5. The molecule has 3 aliphatic heterocycles. The number of aliphatic hydroxyl groups is 4. The van der Waals surface area contributed by atoms with Crippen molar-refractivity contribution in [3.05, 3.63) is 23.8 Å². The minimum Gasteiger partial charge on any atom is -0.456 e. The average Bonchev–Trinajstić information content (AvgIpc) is 3.56. The van der Waals surface area contributed by atoms with Gasteiger partial charge in [-0.15, -0.1) is 0 Å². The van der Waals surface area contributed by atoms with Crippen LogP contribution in [0.1, 0.15) is 56.8 Å². The van der Waals surface area contributed by atoms with E-state index in [0.717, 1.165) is 0 Å². The Kier molecular flexibility index (Phi) is 9.28. The number of carbonyl (C=O) groups excluding carboxylic acids is 2. The van der Waals surface area contributed by atoms with Crippen LogP contribution in [0.25, 0.3) is 0 Å². The predicted molar refractivity (Wildman–Crippen MR) is 166 cm³/mol. The van der Waals surface area contributed by atoms with E-state index in [-0.39, 0.29) is 35.9 Å². The third-order valence-corrected chi connectivity index (χ3v) is 12.9. The number of esters is 1. The molecule has 6 aliphatic rings. The highest BCUT2D eigenvalue weighted by Crippen LogP contribution is 2.69. The number of rotatable bonds is 7. The molecule has 0 spiro atoms. The number of aliphatic hydroxyl groups excluding tert-OH is 4. The zero-order valence-electron chi connectivity index (χ0n) is 28.4. The molecule has 0 radical (unpaired) electrons. The monoisotopic (exact) mass is 692 g/mol. The molecule has 0 amide bonds. The van der Waals surface area contributed by atoms with E-state index in [0.29, 0.717) is 37.2 Å². The maximum absolute atomic E-state index is 14.5. The Bertz CT molecular complexity index is 1420. The normalized spacial score (nSPS) is 47.2. The van der Waals surface area contributed by atoms with Crippen molar-refractivity contribution >= 4 is 11.8 Å². The Morgan fingerprint density at radius 1 is 0.959 bits per heavy atom. The van der Waals surface area contributed by atoms with Crippen molar-refractivity contribution in [2.75, 3.05) is 27.6 Å². The van der Waals surface area contributed by atoms with Crippen LogP contribution in [-0.2, 0) is 33.2 Å². The summed E-state index contributed by atoms with van der Waals surface area (Å²) in [6, 6.07) is 4.88. The first-order chi connectivity index (χ1) is 23.4. The highest BCUT2D eigenvalue weighted by Gasteiger charge is 2.73. The van der Waals surface area contributed by atoms with Crippen molar-refractivity contribution in [3.63, 3.8) is 0 Å². The van der Waals surface area contributed by atoms with Gasteiger partial charge in [0.15, 0.2) is 29.9 Å². The van der Waals surface area contributed by atoms with Gasteiger partial charge in [0, 0.05) is 37.4 Å². The fourth-order valence-electron chi connectivity index (χ4n) is 10.4. The number of Topliss-reactive ketones (excluding diaryl/α,β-unsaturated/α-hetero) is 1. The number of fused-ring (bicyclic) bond motifs is 3. The maximum Gasteiger partial charge on any atom is 0.338 e. The SMILES string of the molecule is COC1CCC2CC3OC(OC4OC(CO)C(O)C(O)C4O)CC4C(C)C(OC)C(OC(=O)c5ccc6c(c5)OCO6)C(C2(C)C1=O)C34C. The average molecular weight is 693 g/mol. The van der Waals surface area contributed by atoms with Gasteiger partial charge in [0.1, 0.15) is 36.6 Å². The molecule has 3 saturated carbocycles. The van der Waals surface area contributed by atoms with Gasteiger partial charge in [0.05, 0.1) is 24.4 Å². The van der Waals surface area contributed by atoms with E-state index in [2.05, 4.69) is 6.92 Å². The summed E-state index contributed by atoms with van der Waals surface area (Å²) in [6.07, 6.45) is -8.54. The molecule has 1 aromatic carbocycles. The first-order valence-electron chi connectivity index (χ1n) is 17.2. The molecule has 16 unspecified atom stereocenters. The first-order valence-corrected chi connectivity index (χ1v) is 17.2. The third-order valence-electron chi connectivity index (χ3n) is 12.9. The predicted octanol–water partition coefficient (Wildman–Crippen LogP) is 1.18. The molecule has 272 valence electrons. The molecule has 49 heavy (non-hydrogen) atoms. The fraction of sp³-hybridized carbons (Fsp3) is 0.771. The van der Waals surface area contributed by atoms with E-state index < -0.39 is 90.7 Å². The summed E-state index contributed by atoms with van der Waals surface area (Å²) in [5.74, 6) is -0.683. The molecule has 3 aliphatic carbocycles. The van der Waals surface area contributed by atoms with Crippen LogP contribution in [0.15, 0.2) is 18.2 Å². The van der Waals surface area contributed by atoms with Crippen LogP contribution >= 0.6 is 0 Å². The van der Waals surface area contributed by atoms with Crippen LogP contribution in [0.2, 0.25) is 0 Å². The van der Waals surface area contributed by atoms with Gasteiger partial charge in [0.25, 0.3) is 0 Å². The van der Waals surface area contributed by atoms with Crippen LogP contribution in [-0.4, -0.2) is 121 Å². The van der Waals surface area contributed by atoms with Gasteiger partial charge in [-0.05, 0) is 55.2 Å². The highest BCUT2D eigenvalue weighted by atomic mass is 16.8. The van der Waals surface area contributed by atoms with Gasteiger partial charge < -0.3 is 58.3 Å². The number of methoxy groups -OCH3 is 2. The van der Waals surface area contributed by atoms with Crippen LogP contribution in [0.4, 0.5) is 0 Å². The second kappa shape index (κ2) is 13.0. The second-order valence-electron chi connectivity index (χ2n) is 15.0. The summed E-state index contributed by atoms with van der Waals surface area (Å²) >= 11 is 0. The topological polar surface area (TPSA) is 189 Å². The lowest BCUT2D eigenvalue weighted by molar-refractivity contribution is -0.380. The van der Waals surface area contributed by atoms with E-state index in [4.69, 9.17) is 37.9 Å². The Labute approximate surface area is 284 Å². The van der Waals surface area contributed by atoms with Crippen molar-refractivity contribution in [1.29, 1.82) is 0 Å². The summed E-state index contributed by atoms with van der Waals surface area (Å²) < 4.78 is 47.9. The quantitative estimate of drug-likeness (QED) is 0.298. The molecular formula is C35H48O14. The summed E-state index contributed by atoms with van der Waals surface area (Å²) in [7, 11) is 3.12. The molecule has 4 N–H and O–H groups in total. The zero-order valence-corrected chi connectivity index (χ0v) is 28.4. The van der Waals surface area contributed by atoms with E-state index in [9.17, 15) is 30.0 Å². The summed E-state index contributed by atoms with van der Waals surface area (Å²) in [5, 5.41) is 41.2. The molecule has 7 rings (SSSR count). The van der Waals surface area contributed by atoms with Crippen molar-refractivity contribution in [2.45, 2.75) is 108 Å². The molecular weight excluding hydrogens is 644 g/mol. The van der Waals surface area contributed by atoms with Crippen molar-refractivity contribution in [2.24, 2.45) is 34.5 Å². The Morgan fingerprint density at radius 3 is 2.43 bits per heavy atom. The number of ketones is 1. The Morgan fingerprint density at radius 2 is 1.71 bits per heavy atom. The zero-order chi connectivity index (χ0) is 35.0. The minimum atomic E-state index is -1.60. The van der Waals surface area contributed by atoms with Gasteiger partial charge in [-0.25, -0.2) is 4.79 Å². The highest BCUT2D eigenvalue weighted by molar-refractivity contribution is 5.92. The number of carbonyl (C=O) groups is 2. The molecule has 5 fully saturated rings. The van der Waals surface area contributed by atoms with Gasteiger partial charge in [-0.2, -0.15) is 0 Å². The van der Waals surface area contributed by atoms with Gasteiger partial charge in [-0.3, -0.25) is 4.79 Å².